The fourth-order valence-corrected chi connectivity index (χ4v) is 6.42. The van der Waals surface area contributed by atoms with Crippen LogP contribution in [0.1, 0.15) is 226 Å². The van der Waals surface area contributed by atoms with Crippen LogP contribution in [0.15, 0.2) is 0 Å². The molecule has 0 aromatic heterocycles. The van der Waals surface area contributed by atoms with Crippen molar-refractivity contribution in [2.75, 3.05) is 26.2 Å². The Morgan fingerprint density at radius 3 is 0.683 bits per heavy atom. The van der Waals surface area contributed by atoms with E-state index in [0.717, 1.165) is 13.0 Å². The van der Waals surface area contributed by atoms with Crippen molar-refractivity contribution in [3.05, 3.63) is 0 Å². The molecule has 0 aromatic carbocycles. The zero-order valence-corrected chi connectivity index (χ0v) is 29.2. The molecule has 2 nitrogen and oxygen atoms in total. The summed E-state index contributed by atoms with van der Waals surface area (Å²) < 4.78 is 0. The number of nitrogens with zero attached hydrogens (tertiary/aromatic N) is 1. The lowest BCUT2D eigenvalue weighted by molar-refractivity contribution is 0.258. The van der Waals surface area contributed by atoms with Gasteiger partial charge in [0.2, 0.25) is 0 Å². The quantitative estimate of drug-likeness (QED) is 0.0743. The van der Waals surface area contributed by atoms with Gasteiger partial charge >= 0.3 is 0 Å². The van der Waals surface area contributed by atoms with Crippen LogP contribution in [0.25, 0.3) is 0 Å². The summed E-state index contributed by atoms with van der Waals surface area (Å²) in [5, 5.41) is 0. The van der Waals surface area contributed by atoms with Gasteiger partial charge in [0.15, 0.2) is 0 Å². The van der Waals surface area contributed by atoms with Crippen molar-refractivity contribution in [1.29, 1.82) is 0 Å². The van der Waals surface area contributed by atoms with Crippen LogP contribution in [0.3, 0.4) is 0 Å². The molecule has 2 N–H and O–H groups in total. The van der Waals surface area contributed by atoms with Gasteiger partial charge < -0.3 is 10.6 Å². The Kier molecular flexibility index (Phi) is 37.9. The Labute approximate surface area is 262 Å². The van der Waals surface area contributed by atoms with E-state index in [9.17, 15) is 0 Å². The van der Waals surface area contributed by atoms with E-state index in [2.05, 4.69) is 18.7 Å². The molecule has 2 heteroatoms. The van der Waals surface area contributed by atoms with E-state index < -0.39 is 0 Å². The van der Waals surface area contributed by atoms with Gasteiger partial charge in [-0.15, -0.1) is 0 Å². The molecule has 0 aliphatic rings. The van der Waals surface area contributed by atoms with Gasteiger partial charge in [0, 0.05) is 0 Å². The maximum atomic E-state index is 5.83. The first-order valence-electron chi connectivity index (χ1n) is 19.8. The summed E-state index contributed by atoms with van der Waals surface area (Å²) in [5.41, 5.74) is 5.83. The molecule has 248 valence electrons. The van der Waals surface area contributed by atoms with Crippen molar-refractivity contribution in [1.82, 2.24) is 4.90 Å². The van der Waals surface area contributed by atoms with Crippen LogP contribution in [0.2, 0.25) is 0 Å². The topological polar surface area (TPSA) is 29.3 Å². The number of hydrogen-bond donors (Lipinski definition) is 1. The first kappa shape index (κ1) is 40.9. The molecule has 0 saturated carbocycles. The highest BCUT2D eigenvalue weighted by molar-refractivity contribution is 4.60. The smallest absolute Gasteiger partial charge is 0.000672 e. The van der Waals surface area contributed by atoms with Crippen molar-refractivity contribution in [3.63, 3.8) is 0 Å². The monoisotopic (exact) mass is 579 g/mol. The predicted octanol–water partition coefficient (Wildman–Crippen LogP) is 13.2. The van der Waals surface area contributed by atoms with Gasteiger partial charge in [-0.2, -0.15) is 0 Å². The van der Waals surface area contributed by atoms with E-state index in [1.807, 2.05) is 0 Å². The van der Waals surface area contributed by atoms with E-state index in [1.165, 1.54) is 225 Å². The summed E-state index contributed by atoms with van der Waals surface area (Å²) in [6.07, 6.45) is 47.7. The van der Waals surface area contributed by atoms with Crippen molar-refractivity contribution in [2.45, 2.75) is 226 Å². The molecule has 41 heavy (non-hydrogen) atoms. The lowest BCUT2D eigenvalue weighted by atomic mass is 10.0. The molecule has 0 aliphatic heterocycles. The third-order valence-electron chi connectivity index (χ3n) is 9.33. The summed E-state index contributed by atoms with van der Waals surface area (Å²) in [5.74, 6) is 0. The molecule has 0 bridgehead atoms. The molecule has 0 radical (unpaired) electrons. The van der Waals surface area contributed by atoms with Crippen LogP contribution >= 0.6 is 0 Å². The van der Waals surface area contributed by atoms with Crippen molar-refractivity contribution in [3.8, 4) is 0 Å². The lowest BCUT2D eigenvalue weighted by Gasteiger charge is -2.22. The SMILES string of the molecule is CCCCCCCCCCCCCCCCCCN(CCCN)CCCCCCCCCCCCCCCCCC. The highest BCUT2D eigenvalue weighted by atomic mass is 15.1. The fraction of sp³-hybridized carbons (Fsp3) is 1.00. The molecular formula is C39H82N2. The van der Waals surface area contributed by atoms with Gasteiger partial charge in [-0.3, -0.25) is 0 Å². The van der Waals surface area contributed by atoms with Gasteiger partial charge in [-0.05, 0) is 45.4 Å². The molecule has 0 atom stereocenters. The van der Waals surface area contributed by atoms with E-state index in [4.69, 9.17) is 5.73 Å². The Hall–Kier alpha value is -0.0800. The normalized spacial score (nSPS) is 11.7. The summed E-state index contributed by atoms with van der Waals surface area (Å²) in [7, 11) is 0. The maximum Gasteiger partial charge on any atom is -0.000672 e. The van der Waals surface area contributed by atoms with E-state index in [1.54, 1.807) is 0 Å². The van der Waals surface area contributed by atoms with E-state index in [0.29, 0.717) is 0 Å². The van der Waals surface area contributed by atoms with Crippen LogP contribution in [0, 0.1) is 0 Å². The van der Waals surface area contributed by atoms with Gasteiger partial charge in [0.1, 0.15) is 0 Å². The highest BCUT2D eigenvalue weighted by Crippen LogP contribution is 2.16. The van der Waals surface area contributed by atoms with Gasteiger partial charge in [-0.25, -0.2) is 0 Å². The van der Waals surface area contributed by atoms with Crippen LogP contribution in [0.5, 0.6) is 0 Å². The Balaban J connectivity index is 3.44. The fourth-order valence-electron chi connectivity index (χ4n) is 6.42. The molecule has 0 aromatic rings. The molecule has 0 heterocycles. The molecule has 0 saturated heterocycles. The van der Waals surface area contributed by atoms with Gasteiger partial charge in [-0.1, -0.05) is 206 Å². The van der Waals surface area contributed by atoms with E-state index >= 15 is 0 Å². The molecule has 0 amide bonds. The Morgan fingerprint density at radius 1 is 0.268 bits per heavy atom. The molecular weight excluding hydrogens is 496 g/mol. The van der Waals surface area contributed by atoms with E-state index in [-0.39, 0.29) is 0 Å². The molecule has 0 spiro atoms. The van der Waals surface area contributed by atoms with Crippen LogP contribution in [-0.2, 0) is 0 Å². The van der Waals surface area contributed by atoms with Gasteiger partial charge in [0.05, 0.1) is 0 Å². The second-order valence-electron chi connectivity index (χ2n) is 13.6. The van der Waals surface area contributed by atoms with Crippen molar-refractivity contribution in [2.24, 2.45) is 5.73 Å². The number of nitrogens with two attached hydrogens (primary N) is 1. The molecule has 0 rings (SSSR count). The average Bonchev–Trinajstić information content (AvgIpc) is 2.98. The largest absolute Gasteiger partial charge is 0.330 e. The first-order chi connectivity index (χ1) is 20.3. The second-order valence-corrected chi connectivity index (χ2v) is 13.6. The number of rotatable bonds is 37. The van der Waals surface area contributed by atoms with Crippen molar-refractivity contribution >= 4 is 0 Å². The maximum absolute atomic E-state index is 5.83. The standard InChI is InChI=1S/C39H82N2/c1-3-5-7-9-11-13-15-17-19-21-23-25-27-29-31-33-37-41(39-35-36-40)38-34-32-30-28-26-24-22-20-18-16-14-12-10-8-6-4-2/h3-40H2,1-2H3. The van der Waals surface area contributed by atoms with Crippen LogP contribution in [-0.4, -0.2) is 31.1 Å². The van der Waals surface area contributed by atoms with Crippen molar-refractivity contribution < 1.29 is 0 Å². The summed E-state index contributed by atoms with van der Waals surface area (Å²) in [6, 6.07) is 0. The molecule has 0 aliphatic carbocycles. The Morgan fingerprint density at radius 2 is 0.463 bits per heavy atom. The molecule has 0 unspecified atom stereocenters. The first-order valence-corrected chi connectivity index (χ1v) is 19.8. The number of hydrogen-bond acceptors (Lipinski definition) is 2. The second kappa shape index (κ2) is 37.9. The van der Waals surface area contributed by atoms with Gasteiger partial charge in [0.25, 0.3) is 0 Å². The predicted molar refractivity (Wildman–Crippen MR) is 189 cm³/mol. The van der Waals surface area contributed by atoms with Crippen LogP contribution < -0.4 is 5.73 Å². The minimum atomic E-state index is 0.842. The third kappa shape index (κ3) is 36.0. The zero-order valence-electron chi connectivity index (χ0n) is 29.2. The average molecular weight is 579 g/mol. The highest BCUT2D eigenvalue weighted by Gasteiger charge is 2.04. The number of unbranched alkanes of at least 4 members (excludes halogenated alkanes) is 30. The summed E-state index contributed by atoms with van der Waals surface area (Å²) in [4.78, 5) is 2.72. The minimum Gasteiger partial charge on any atom is -0.330 e. The zero-order chi connectivity index (χ0) is 29.7. The summed E-state index contributed by atoms with van der Waals surface area (Å²) in [6.45, 7) is 9.28. The van der Waals surface area contributed by atoms with Crippen LogP contribution in [0.4, 0.5) is 0 Å². The Bertz CT molecular complexity index is 401. The minimum absolute atomic E-state index is 0.842. The lowest BCUT2D eigenvalue weighted by Crippen LogP contribution is -2.28. The molecule has 0 fully saturated rings. The third-order valence-corrected chi connectivity index (χ3v) is 9.33. The summed E-state index contributed by atoms with van der Waals surface area (Å²) >= 11 is 0.